The Kier molecular flexibility index (Phi) is 7.13. The van der Waals surface area contributed by atoms with Crippen LogP contribution in [0, 0.1) is 11.8 Å². The van der Waals surface area contributed by atoms with E-state index in [-0.39, 0.29) is 11.8 Å². The Morgan fingerprint density at radius 1 is 1.02 bits per heavy atom. The van der Waals surface area contributed by atoms with Crippen molar-refractivity contribution >= 4 is 51.9 Å². The van der Waals surface area contributed by atoms with Crippen molar-refractivity contribution in [1.29, 1.82) is 0 Å². The highest BCUT2D eigenvalue weighted by Gasteiger charge is 2.44. The highest BCUT2D eigenvalue weighted by Crippen LogP contribution is 2.52. The molecule has 3 atom stereocenters. The number of imidazole rings is 1. The van der Waals surface area contributed by atoms with Crippen LogP contribution in [0.3, 0.4) is 0 Å². The molecule has 0 radical (unpaired) electrons. The van der Waals surface area contributed by atoms with Crippen LogP contribution in [0.2, 0.25) is 0 Å². The highest BCUT2D eigenvalue weighted by atomic mass is 32.1. The molecular weight excluding hydrogens is 560 g/mol. The molecule has 4 aromatic rings. The van der Waals surface area contributed by atoms with Gasteiger partial charge in [-0.3, -0.25) is 9.59 Å². The number of aromatic nitrogens is 2. The number of thiophene rings is 1. The third-order valence-electron chi connectivity index (χ3n) is 9.56. The largest absolute Gasteiger partial charge is 0.478 e. The van der Waals surface area contributed by atoms with Crippen LogP contribution in [-0.4, -0.2) is 38.0 Å². The van der Waals surface area contributed by atoms with Crippen LogP contribution in [0.1, 0.15) is 73.3 Å². The zero-order valence-corrected chi connectivity index (χ0v) is 24.6. The number of hydrogen-bond acceptors (Lipinski definition) is 5. The third kappa shape index (κ3) is 5.27. The predicted octanol–water partition coefficient (Wildman–Crippen LogP) is 6.91. The summed E-state index contributed by atoms with van der Waals surface area (Å²) < 4.78 is 2.43. The van der Waals surface area contributed by atoms with E-state index in [1.807, 2.05) is 18.2 Å². The van der Waals surface area contributed by atoms with Gasteiger partial charge in [-0.1, -0.05) is 37.5 Å². The highest BCUT2D eigenvalue weighted by molar-refractivity contribution is 7.13. The first-order valence-electron chi connectivity index (χ1n) is 15.1. The molecule has 9 heteroatoms. The van der Waals surface area contributed by atoms with Gasteiger partial charge in [-0.15, -0.1) is 11.3 Å². The fourth-order valence-electron chi connectivity index (χ4n) is 7.46. The Balaban J connectivity index is 1.13. The SMILES string of the molecule is O=C(O)/C=C/c1ccc(NC(=O)C2(NC(=O)c3ccc4c(c3)nc(-c3cccs3)n4C3C[C@H]4CC[C@@H]3C4)CCCC2)cc1. The smallest absolute Gasteiger partial charge is 0.328 e. The lowest BCUT2D eigenvalue weighted by atomic mass is 9.94. The van der Waals surface area contributed by atoms with Crippen molar-refractivity contribution in [1.82, 2.24) is 14.9 Å². The lowest BCUT2D eigenvalue weighted by Gasteiger charge is -2.29. The van der Waals surface area contributed by atoms with Gasteiger partial charge in [0.1, 0.15) is 5.54 Å². The Bertz CT molecular complexity index is 1720. The summed E-state index contributed by atoms with van der Waals surface area (Å²) in [5, 5.41) is 17.0. The summed E-state index contributed by atoms with van der Waals surface area (Å²) in [6.07, 6.45) is 10.5. The van der Waals surface area contributed by atoms with Crippen LogP contribution in [0.15, 0.2) is 66.1 Å². The Hall–Kier alpha value is -4.24. The number of hydrogen-bond donors (Lipinski definition) is 3. The average Bonchev–Trinajstić information content (AvgIpc) is 3.85. The van der Waals surface area contributed by atoms with Crippen LogP contribution in [0.25, 0.3) is 27.8 Å². The van der Waals surface area contributed by atoms with Crippen molar-refractivity contribution in [2.24, 2.45) is 11.8 Å². The number of nitrogens with one attached hydrogen (secondary N) is 2. The Morgan fingerprint density at radius 3 is 2.51 bits per heavy atom. The quantitative estimate of drug-likeness (QED) is 0.192. The third-order valence-corrected chi connectivity index (χ3v) is 10.4. The molecule has 3 fully saturated rings. The summed E-state index contributed by atoms with van der Waals surface area (Å²) in [5.74, 6) is 0.925. The van der Waals surface area contributed by atoms with Gasteiger partial charge in [0.15, 0.2) is 5.82 Å². The number of rotatable bonds is 8. The maximum atomic E-state index is 13.7. The minimum Gasteiger partial charge on any atom is -0.478 e. The van der Waals surface area contributed by atoms with E-state index in [0.717, 1.165) is 46.6 Å². The van der Waals surface area contributed by atoms with Crippen molar-refractivity contribution in [2.75, 3.05) is 5.32 Å². The minimum absolute atomic E-state index is 0.242. The minimum atomic E-state index is -1.02. The van der Waals surface area contributed by atoms with Crippen molar-refractivity contribution in [3.63, 3.8) is 0 Å². The number of carboxylic acids is 1. The van der Waals surface area contributed by atoms with E-state index in [4.69, 9.17) is 10.1 Å². The average molecular weight is 595 g/mol. The van der Waals surface area contributed by atoms with Crippen molar-refractivity contribution in [2.45, 2.75) is 62.9 Å². The number of carbonyl (C=O) groups excluding carboxylic acids is 2. The first-order chi connectivity index (χ1) is 20.9. The number of carbonyl (C=O) groups is 3. The fourth-order valence-corrected chi connectivity index (χ4v) is 8.17. The lowest BCUT2D eigenvalue weighted by Crippen LogP contribution is -2.55. The summed E-state index contributed by atoms with van der Waals surface area (Å²) in [5.41, 5.74) is 2.67. The van der Waals surface area contributed by atoms with Gasteiger partial charge in [0.05, 0.1) is 15.9 Å². The van der Waals surface area contributed by atoms with E-state index in [2.05, 4.69) is 32.7 Å². The summed E-state index contributed by atoms with van der Waals surface area (Å²) in [7, 11) is 0. The molecule has 0 saturated heterocycles. The van der Waals surface area contributed by atoms with Crippen molar-refractivity contribution in [3.8, 4) is 10.7 Å². The predicted molar refractivity (Wildman–Crippen MR) is 168 cm³/mol. The summed E-state index contributed by atoms with van der Waals surface area (Å²) in [6.45, 7) is 0. The van der Waals surface area contributed by atoms with E-state index >= 15 is 0 Å². The van der Waals surface area contributed by atoms with Crippen LogP contribution >= 0.6 is 11.3 Å². The summed E-state index contributed by atoms with van der Waals surface area (Å²) in [6, 6.07) is 17.3. The molecule has 0 spiro atoms. The van der Waals surface area contributed by atoms with E-state index in [9.17, 15) is 14.4 Å². The number of carboxylic acid groups (broad SMARTS) is 1. The molecule has 3 saturated carbocycles. The van der Waals surface area contributed by atoms with Crippen molar-refractivity contribution in [3.05, 3.63) is 77.2 Å². The number of benzene rings is 2. The molecule has 3 aliphatic rings. The second kappa shape index (κ2) is 11.1. The molecule has 2 aromatic heterocycles. The molecule has 2 amide bonds. The van der Waals surface area contributed by atoms with Gasteiger partial charge in [0.2, 0.25) is 5.91 Å². The molecule has 2 bridgehead atoms. The van der Waals surface area contributed by atoms with Crippen LogP contribution < -0.4 is 10.6 Å². The molecule has 3 aliphatic carbocycles. The number of aliphatic carboxylic acids is 1. The lowest BCUT2D eigenvalue weighted by molar-refractivity contribution is -0.131. The molecule has 220 valence electrons. The first kappa shape index (κ1) is 27.6. The van der Waals surface area contributed by atoms with Gasteiger partial charge in [-0.05, 0) is 97.4 Å². The second-order valence-electron chi connectivity index (χ2n) is 12.2. The maximum absolute atomic E-state index is 13.7. The monoisotopic (exact) mass is 594 g/mol. The standard InChI is InChI=1S/C34H34N4O4S/c39-30(40)14-8-21-6-11-25(12-7-21)35-33(42)34(15-1-2-16-34)37-32(41)24-10-13-27-26(20-24)36-31(29-4-3-17-43-29)38(27)28-19-22-5-9-23(28)18-22/h3-4,6-8,10-14,17,20,22-23,28H,1-2,5,9,15-16,18-19H2,(H,35,42)(H,37,41)(H,39,40)/b14-8+/t22-,23+,28?/m0/s1. The number of amides is 2. The zero-order chi connectivity index (χ0) is 29.6. The van der Waals surface area contributed by atoms with Gasteiger partial charge in [-0.2, -0.15) is 0 Å². The molecule has 8 nitrogen and oxygen atoms in total. The maximum Gasteiger partial charge on any atom is 0.328 e. The van der Waals surface area contributed by atoms with E-state index < -0.39 is 11.5 Å². The zero-order valence-electron chi connectivity index (χ0n) is 23.8. The molecule has 0 aliphatic heterocycles. The van der Waals surface area contributed by atoms with Crippen LogP contribution in [0.4, 0.5) is 5.69 Å². The van der Waals surface area contributed by atoms with Crippen LogP contribution in [0.5, 0.6) is 0 Å². The second-order valence-corrected chi connectivity index (χ2v) is 13.2. The molecule has 1 unspecified atom stereocenters. The first-order valence-corrected chi connectivity index (χ1v) is 16.0. The number of nitrogens with zero attached hydrogens (tertiary/aromatic N) is 2. The van der Waals surface area contributed by atoms with E-state index in [1.165, 1.54) is 31.8 Å². The molecule has 43 heavy (non-hydrogen) atoms. The Morgan fingerprint density at radius 2 is 1.84 bits per heavy atom. The molecule has 2 heterocycles. The van der Waals surface area contributed by atoms with Crippen molar-refractivity contribution < 1.29 is 19.5 Å². The molecule has 2 aromatic carbocycles. The molecular formula is C34H34N4O4S. The summed E-state index contributed by atoms with van der Waals surface area (Å²) >= 11 is 1.69. The van der Waals surface area contributed by atoms with Gasteiger partial charge < -0.3 is 20.3 Å². The number of anilines is 1. The summed E-state index contributed by atoms with van der Waals surface area (Å²) in [4.78, 5) is 44.2. The van der Waals surface area contributed by atoms with Crippen LogP contribution in [-0.2, 0) is 9.59 Å². The number of fused-ring (bicyclic) bond motifs is 3. The molecule has 7 rings (SSSR count). The van der Waals surface area contributed by atoms with E-state index in [1.54, 1.807) is 35.6 Å². The Labute approximate surface area is 253 Å². The van der Waals surface area contributed by atoms with Gasteiger partial charge in [0.25, 0.3) is 5.91 Å². The van der Waals surface area contributed by atoms with Gasteiger partial charge in [-0.25, -0.2) is 9.78 Å². The van der Waals surface area contributed by atoms with E-state index in [0.29, 0.717) is 41.6 Å². The topological polar surface area (TPSA) is 113 Å². The van der Waals surface area contributed by atoms with Gasteiger partial charge >= 0.3 is 5.97 Å². The normalized spacial score (nSPS) is 22.4. The molecule has 3 N–H and O–H groups in total. The fraction of sp³-hybridized carbons (Fsp3) is 0.353. The van der Waals surface area contributed by atoms with Gasteiger partial charge in [0, 0.05) is 23.4 Å².